The van der Waals surface area contributed by atoms with Gasteiger partial charge in [-0.2, -0.15) is 0 Å². The Labute approximate surface area is 104 Å². The number of rotatable bonds is 7. The number of amides is 1. The van der Waals surface area contributed by atoms with Crippen molar-refractivity contribution in [3.8, 4) is 0 Å². The number of nitrogens with one attached hydrogen (secondary N) is 1. The molecule has 0 bridgehead atoms. The molecular formula is C13H25NO3. The van der Waals surface area contributed by atoms with Gasteiger partial charge in [0.25, 0.3) is 0 Å². The van der Waals surface area contributed by atoms with Gasteiger partial charge in [0.15, 0.2) is 0 Å². The first-order valence-electron chi connectivity index (χ1n) is 6.22. The van der Waals surface area contributed by atoms with Gasteiger partial charge < -0.3 is 10.4 Å². The molecule has 0 saturated heterocycles. The molecule has 0 fully saturated rings. The molecule has 1 amide bonds. The molecule has 4 heteroatoms. The quantitative estimate of drug-likeness (QED) is 0.675. The summed E-state index contributed by atoms with van der Waals surface area (Å²) in [5, 5.41) is 11.3. The van der Waals surface area contributed by atoms with Crippen molar-refractivity contribution in [1.29, 1.82) is 0 Å². The highest BCUT2D eigenvalue weighted by molar-refractivity contribution is 5.76. The molecule has 17 heavy (non-hydrogen) atoms. The van der Waals surface area contributed by atoms with E-state index in [9.17, 15) is 9.59 Å². The van der Waals surface area contributed by atoms with Gasteiger partial charge in [0, 0.05) is 19.4 Å². The van der Waals surface area contributed by atoms with E-state index in [0.29, 0.717) is 25.3 Å². The lowest BCUT2D eigenvalue weighted by molar-refractivity contribution is -0.137. The van der Waals surface area contributed by atoms with E-state index in [1.807, 2.05) is 0 Å². The fraction of sp³-hybridized carbons (Fsp3) is 0.846. The molecule has 0 heterocycles. The molecule has 0 radical (unpaired) electrons. The Morgan fingerprint density at radius 2 is 1.82 bits per heavy atom. The van der Waals surface area contributed by atoms with Crippen molar-refractivity contribution < 1.29 is 14.7 Å². The van der Waals surface area contributed by atoms with Gasteiger partial charge >= 0.3 is 5.97 Å². The second kappa shape index (κ2) is 7.30. The Morgan fingerprint density at radius 3 is 2.29 bits per heavy atom. The van der Waals surface area contributed by atoms with Crippen molar-refractivity contribution >= 4 is 11.9 Å². The highest BCUT2D eigenvalue weighted by Gasteiger charge is 2.22. The fourth-order valence-electron chi connectivity index (χ4n) is 1.29. The molecule has 0 aromatic heterocycles. The summed E-state index contributed by atoms with van der Waals surface area (Å²) < 4.78 is 0. The summed E-state index contributed by atoms with van der Waals surface area (Å²) in [6.45, 7) is 9.01. The number of unbranched alkanes of at least 4 members (excludes halogenated alkanes) is 1. The first-order valence-corrected chi connectivity index (χ1v) is 6.22. The molecule has 0 aliphatic heterocycles. The summed E-state index contributed by atoms with van der Waals surface area (Å²) in [6.07, 6.45) is 2.04. The van der Waals surface area contributed by atoms with Crippen LogP contribution in [0.3, 0.4) is 0 Å². The largest absolute Gasteiger partial charge is 0.481 e. The Bertz CT molecular complexity index is 256. The van der Waals surface area contributed by atoms with E-state index in [1.165, 1.54) is 0 Å². The predicted octanol–water partition coefficient (Wildman–Crippen LogP) is 2.43. The molecule has 2 N–H and O–H groups in total. The van der Waals surface area contributed by atoms with E-state index in [4.69, 9.17) is 5.11 Å². The highest BCUT2D eigenvalue weighted by atomic mass is 16.4. The standard InChI is InChI=1S/C13H25NO3/c1-10(13(2,3)4)9-11(15)14-8-6-5-7-12(16)17/h10H,5-9H2,1-4H3,(H,14,15)(H,16,17). The van der Waals surface area contributed by atoms with Crippen molar-refractivity contribution in [2.24, 2.45) is 11.3 Å². The average molecular weight is 243 g/mol. The molecule has 0 aliphatic carbocycles. The molecule has 1 unspecified atom stereocenters. The van der Waals surface area contributed by atoms with E-state index in [2.05, 4.69) is 33.0 Å². The summed E-state index contributed by atoms with van der Waals surface area (Å²) in [5.74, 6) is -0.387. The van der Waals surface area contributed by atoms with E-state index < -0.39 is 5.97 Å². The van der Waals surface area contributed by atoms with Crippen LogP contribution in [0, 0.1) is 11.3 Å². The van der Waals surface area contributed by atoms with E-state index >= 15 is 0 Å². The SMILES string of the molecule is CC(CC(=O)NCCCCC(=O)O)C(C)(C)C. The van der Waals surface area contributed by atoms with Crippen LogP contribution < -0.4 is 5.32 Å². The van der Waals surface area contributed by atoms with Crippen molar-refractivity contribution in [2.75, 3.05) is 6.54 Å². The molecular weight excluding hydrogens is 218 g/mol. The third-order valence-electron chi connectivity index (χ3n) is 3.11. The molecule has 0 rings (SSSR count). The van der Waals surface area contributed by atoms with Crippen molar-refractivity contribution in [3.05, 3.63) is 0 Å². The fourth-order valence-corrected chi connectivity index (χ4v) is 1.29. The number of hydrogen-bond acceptors (Lipinski definition) is 2. The summed E-state index contributed by atoms with van der Waals surface area (Å²) in [7, 11) is 0. The minimum Gasteiger partial charge on any atom is -0.481 e. The Hall–Kier alpha value is -1.06. The minimum absolute atomic E-state index is 0.0581. The number of hydrogen-bond donors (Lipinski definition) is 2. The molecule has 1 atom stereocenters. The Balaban J connectivity index is 3.64. The average Bonchev–Trinajstić information content (AvgIpc) is 2.15. The van der Waals surface area contributed by atoms with Gasteiger partial charge in [-0.3, -0.25) is 9.59 Å². The zero-order chi connectivity index (χ0) is 13.5. The minimum atomic E-state index is -0.780. The van der Waals surface area contributed by atoms with Crippen molar-refractivity contribution in [1.82, 2.24) is 5.32 Å². The first-order chi connectivity index (χ1) is 7.73. The number of carboxylic acids is 1. The van der Waals surface area contributed by atoms with Crippen LogP contribution in [0.15, 0.2) is 0 Å². The van der Waals surface area contributed by atoms with Gasteiger partial charge in [-0.1, -0.05) is 27.7 Å². The summed E-state index contributed by atoms with van der Waals surface area (Å²) in [6, 6.07) is 0. The van der Waals surface area contributed by atoms with Crippen LogP contribution in [0.4, 0.5) is 0 Å². The number of aliphatic carboxylic acids is 1. The lowest BCUT2D eigenvalue weighted by Gasteiger charge is -2.26. The summed E-state index contributed by atoms with van der Waals surface area (Å²) in [4.78, 5) is 21.8. The van der Waals surface area contributed by atoms with Gasteiger partial charge in [0.2, 0.25) is 5.91 Å². The van der Waals surface area contributed by atoms with Gasteiger partial charge in [0.05, 0.1) is 0 Å². The van der Waals surface area contributed by atoms with Gasteiger partial charge in [-0.15, -0.1) is 0 Å². The van der Waals surface area contributed by atoms with Crippen LogP contribution in [0.1, 0.15) is 53.4 Å². The zero-order valence-corrected chi connectivity index (χ0v) is 11.4. The monoisotopic (exact) mass is 243 g/mol. The van der Waals surface area contributed by atoms with E-state index in [1.54, 1.807) is 0 Å². The zero-order valence-electron chi connectivity index (χ0n) is 11.4. The normalized spacial score (nSPS) is 13.2. The molecule has 4 nitrogen and oxygen atoms in total. The summed E-state index contributed by atoms with van der Waals surface area (Å²) >= 11 is 0. The summed E-state index contributed by atoms with van der Waals surface area (Å²) in [5.41, 5.74) is 0.140. The topological polar surface area (TPSA) is 66.4 Å². The molecule has 0 saturated carbocycles. The Morgan fingerprint density at radius 1 is 1.24 bits per heavy atom. The van der Waals surface area contributed by atoms with Gasteiger partial charge in [-0.05, 0) is 24.2 Å². The first kappa shape index (κ1) is 15.9. The second-order valence-electron chi connectivity index (χ2n) is 5.67. The smallest absolute Gasteiger partial charge is 0.303 e. The highest BCUT2D eigenvalue weighted by Crippen LogP contribution is 2.27. The molecule has 100 valence electrons. The van der Waals surface area contributed by atoms with Crippen molar-refractivity contribution in [2.45, 2.75) is 53.4 Å². The van der Waals surface area contributed by atoms with Crippen LogP contribution in [0.5, 0.6) is 0 Å². The lowest BCUT2D eigenvalue weighted by atomic mass is 9.80. The number of carbonyl (C=O) groups excluding carboxylic acids is 1. The van der Waals surface area contributed by atoms with Crippen LogP contribution in [0.25, 0.3) is 0 Å². The van der Waals surface area contributed by atoms with Crippen molar-refractivity contribution in [3.63, 3.8) is 0 Å². The molecule has 0 aromatic rings. The van der Waals surface area contributed by atoms with Gasteiger partial charge in [-0.25, -0.2) is 0 Å². The molecule has 0 spiro atoms. The lowest BCUT2D eigenvalue weighted by Crippen LogP contribution is -2.29. The van der Waals surface area contributed by atoms with E-state index in [0.717, 1.165) is 6.42 Å². The van der Waals surface area contributed by atoms with Crippen LogP contribution >= 0.6 is 0 Å². The van der Waals surface area contributed by atoms with Crippen LogP contribution in [-0.4, -0.2) is 23.5 Å². The van der Waals surface area contributed by atoms with Gasteiger partial charge in [0.1, 0.15) is 0 Å². The second-order valence-corrected chi connectivity index (χ2v) is 5.67. The molecule has 0 aliphatic rings. The third kappa shape index (κ3) is 8.72. The maximum absolute atomic E-state index is 11.6. The predicted molar refractivity (Wildman–Crippen MR) is 67.7 cm³/mol. The maximum atomic E-state index is 11.6. The molecule has 0 aromatic carbocycles. The number of carbonyl (C=O) groups is 2. The number of carboxylic acid groups (broad SMARTS) is 1. The third-order valence-corrected chi connectivity index (χ3v) is 3.11. The maximum Gasteiger partial charge on any atom is 0.303 e. The Kier molecular flexibility index (Phi) is 6.85. The van der Waals surface area contributed by atoms with Crippen LogP contribution in [-0.2, 0) is 9.59 Å². The van der Waals surface area contributed by atoms with E-state index in [-0.39, 0.29) is 17.7 Å². The van der Waals surface area contributed by atoms with Crippen LogP contribution in [0.2, 0.25) is 0 Å².